The first-order chi connectivity index (χ1) is 5.29. The lowest BCUT2D eigenvalue weighted by Crippen LogP contribution is -1.87. The van der Waals surface area contributed by atoms with E-state index in [-0.39, 0.29) is 5.91 Å². The lowest BCUT2D eigenvalue weighted by atomic mass is 10.2. The third kappa shape index (κ3) is 0.903. The normalized spacial score (nSPS) is 13.7. The fraction of sp³-hybridized carbons (Fsp3) is 0. The van der Waals surface area contributed by atoms with Crippen molar-refractivity contribution in [2.75, 3.05) is 0 Å². The van der Waals surface area contributed by atoms with E-state index in [1.807, 2.05) is 6.07 Å². The van der Waals surface area contributed by atoms with Gasteiger partial charge in [-0.2, -0.15) is 0 Å². The smallest absolute Gasteiger partial charge is 0.265 e. The minimum absolute atomic E-state index is 0.263. The van der Waals surface area contributed by atoms with Crippen LogP contribution in [0.2, 0.25) is 0 Å². The van der Waals surface area contributed by atoms with E-state index in [1.165, 1.54) is 0 Å². The molecule has 0 spiro atoms. The van der Waals surface area contributed by atoms with Crippen LogP contribution in [0.5, 0.6) is 0 Å². The molecule has 1 amide bonds. The van der Waals surface area contributed by atoms with Crippen LogP contribution in [-0.2, 0) is 0 Å². The van der Waals surface area contributed by atoms with Crippen LogP contribution in [0.3, 0.4) is 0 Å². The summed E-state index contributed by atoms with van der Waals surface area (Å²) in [6.07, 6.45) is 0. The summed E-state index contributed by atoms with van der Waals surface area (Å²) >= 11 is 3.27. The first-order valence-electron chi connectivity index (χ1n) is 3.03. The second-order valence-electron chi connectivity index (χ2n) is 2.14. The van der Waals surface area contributed by atoms with Crippen molar-refractivity contribution in [1.82, 2.24) is 0 Å². The van der Waals surface area contributed by atoms with Crippen LogP contribution < -0.4 is 0 Å². The van der Waals surface area contributed by atoms with E-state index in [0.717, 1.165) is 4.47 Å². The molecule has 0 saturated carbocycles. The SMILES string of the molecule is O=C1N=Nc2c(Br)cccc21. The van der Waals surface area contributed by atoms with E-state index in [1.54, 1.807) is 12.1 Å². The quantitative estimate of drug-likeness (QED) is 0.650. The van der Waals surface area contributed by atoms with E-state index in [4.69, 9.17) is 0 Å². The molecule has 1 aliphatic rings. The van der Waals surface area contributed by atoms with E-state index in [2.05, 4.69) is 26.2 Å². The Morgan fingerprint density at radius 1 is 1.27 bits per heavy atom. The molecule has 0 unspecified atom stereocenters. The number of nitrogens with zero attached hydrogens (tertiary/aromatic N) is 2. The number of hydrogen-bond donors (Lipinski definition) is 0. The van der Waals surface area contributed by atoms with Gasteiger partial charge in [-0.05, 0) is 28.1 Å². The zero-order chi connectivity index (χ0) is 7.84. The van der Waals surface area contributed by atoms with Crippen LogP contribution in [0.4, 0.5) is 5.69 Å². The molecule has 0 saturated heterocycles. The molecule has 1 heterocycles. The summed E-state index contributed by atoms with van der Waals surface area (Å²) in [6, 6.07) is 5.33. The number of carbonyl (C=O) groups excluding carboxylic acids is 1. The van der Waals surface area contributed by atoms with Gasteiger partial charge < -0.3 is 0 Å². The first kappa shape index (κ1) is 6.67. The van der Waals surface area contributed by atoms with Crippen LogP contribution in [0.15, 0.2) is 32.9 Å². The molecule has 0 aromatic heterocycles. The molecule has 3 nitrogen and oxygen atoms in total. The fourth-order valence-electron chi connectivity index (χ4n) is 0.939. The minimum Gasteiger partial charge on any atom is -0.265 e. The molecule has 1 aliphatic heterocycles. The van der Waals surface area contributed by atoms with Crippen LogP contribution in [0.1, 0.15) is 10.4 Å². The number of amides is 1. The Hall–Kier alpha value is -1.03. The van der Waals surface area contributed by atoms with Crippen LogP contribution in [0.25, 0.3) is 0 Å². The predicted molar refractivity (Wildman–Crippen MR) is 43.0 cm³/mol. The Balaban J connectivity index is 2.74. The van der Waals surface area contributed by atoms with Gasteiger partial charge in [0.1, 0.15) is 5.69 Å². The van der Waals surface area contributed by atoms with Gasteiger partial charge in [-0.3, -0.25) is 4.79 Å². The lowest BCUT2D eigenvalue weighted by Gasteiger charge is -1.93. The van der Waals surface area contributed by atoms with E-state index in [9.17, 15) is 4.79 Å². The summed E-state index contributed by atoms with van der Waals surface area (Å²) in [5.74, 6) is -0.263. The lowest BCUT2D eigenvalue weighted by molar-refractivity contribution is 0.100. The van der Waals surface area contributed by atoms with Crippen LogP contribution in [-0.4, -0.2) is 5.91 Å². The third-order valence-corrected chi connectivity index (χ3v) is 2.10. The maximum absolute atomic E-state index is 10.9. The molecular weight excluding hydrogens is 208 g/mol. The number of benzene rings is 1. The Kier molecular flexibility index (Phi) is 1.35. The number of fused-ring (bicyclic) bond motifs is 1. The predicted octanol–water partition coefficient (Wildman–Crippen LogP) is 2.69. The van der Waals surface area contributed by atoms with Gasteiger partial charge in [0.2, 0.25) is 0 Å². The molecule has 0 radical (unpaired) electrons. The summed E-state index contributed by atoms with van der Waals surface area (Å²) in [5, 5.41) is 7.13. The molecule has 54 valence electrons. The minimum atomic E-state index is -0.263. The van der Waals surface area contributed by atoms with E-state index in [0.29, 0.717) is 11.3 Å². The molecule has 1 aromatic carbocycles. The molecule has 0 fully saturated rings. The Morgan fingerprint density at radius 3 is 2.82 bits per heavy atom. The molecule has 0 atom stereocenters. The molecule has 11 heavy (non-hydrogen) atoms. The zero-order valence-corrected chi connectivity index (χ0v) is 7.00. The topological polar surface area (TPSA) is 41.8 Å². The standard InChI is InChI=1S/C7H3BrN2O/c8-5-3-1-2-4-6(5)9-10-7(4)11/h1-3H. The number of carbonyl (C=O) groups is 1. The molecule has 4 heteroatoms. The zero-order valence-electron chi connectivity index (χ0n) is 5.41. The van der Waals surface area contributed by atoms with Crippen molar-refractivity contribution in [2.45, 2.75) is 0 Å². The van der Waals surface area contributed by atoms with Crippen molar-refractivity contribution < 1.29 is 4.79 Å². The molecule has 0 N–H and O–H groups in total. The highest BCUT2D eigenvalue weighted by atomic mass is 79.9. The summed E-state index contributed by atoms with van der Waals surface area (Å²) in [6.45, 7) is 0. The van der Waals surface area contributed by atoms with Gasteiger partial charge in [0.15, 0.2) is 0 Å². The average molecular weight is 211 g/mol. The number of azo groups is 1. The largest absolute Gasteiger partial charge is 0.297 e. The van der Waals surface area contributed by atoms with Gasteiger partial charge in [-0.25, -0.2) is 0 Å². The van der Waals surface area contributed by atoms with E-state index >= 15 is 0 Å². The third-order valence-electron chi connectivity index (χ3n) is 1.46. The summed E-state index contributed by atoms with van der Waals surface area (Å²) in [7, 11) is 0. The Bertz CT molecular complexity index is 359. The second-order valence-corrected chi connectivity index (χ2v) is 3.00. The highest BCUT2D eigenvalue weighted by Crippen LogP contribution is 2.33. The van der Waals surface area contributed by atoms with Gasteiger partial charge in [-0.1, -0.05) is 6.07 Å². The van der Waals surface area contributed by atoms with Crippen molar-refractivity contribution in [3.63, 3.8) is 0 Å². The van der Waals surface area contributed by atoms with Crippen molar-refractivity contribution >= 4 is 27.5 Å². The van der Waals surface area contributed by atoms with Crippen molar-refractivity contribution in [3.05, 3.63) is 28.2 Å². The number of halogens is 1. The van der Waals surface area contributed by atoms with Gasteiger partial charge in [0.25, 0.3) is 5.91 Å². The first-order valence-corrected chi connectivity index (χ1v) is 3.83. The van der Waals surface area contributed by atoms with Crippen molar-refractivity contribution in [2.24, 2.45) is 10.2 Å². The highest BCUT2D eigenvalue weighted by Gasteiger charge is 2.18. The second kappa shape index (κ2) is 2.23. The van der Waals surface area contributed by atoms with Crippen LogP contribution in [0, 0.1) is 0 Å². The summed E-state index contributed by atoms with van der Waals surface area (Å²) in [4.78, 5) is 10.9. The van der Waals surface area contributed by atoms with Gasteiger partial charge in [0.05, 0.1) is 5.56 Å². The van der Waals surface area contributed by atoms with Gasteiger partial charge >= 0.3 is 0 Å². The van der Waals surface area contributed by atoms with Crippen molar-refractivity contribution in [1.29, 1.82) is 0 Å². The summed E-state index contributed by atoms with van der Waals surface area (Å²) < 4.78 is 0.810. The monoisotopic (exact) mass is 210 g/mol. The van der Waals surface area contributed by atoms with Gasteiger partial charge in [0, 0.05) is 4.47 Å². The maximum atomic E-state index is 10.9. The van der Waals surface area contributed by atoms with Crippen LogP contribution >= 0.6 is 15.9 Å². The number of hydrogen-bond acceptors (Lipinski definition) is 2. The Labute approximate surface area is 71.3 Å². The Morgan fingerprint density at radius 2 is 2.09 bits per heavy atom. The van der Waals surface area contributed by atoms with Gasteiger partial charge in [-0.15, -0.1) is 10.2 Å². The highest BCUT2D eigenvalue weighted by molar-refractivity contribution is 9.10. The number of rotatable bonds is 0. The molecule has 0 aliphatic carbocycles. The average Bonchev–Trinajstić information content (AvgIpc) is 2.35. The molecule has 2 rings (SSSR count). The van der Waals surface area contributed by atoms with E-state index < -0.39 is 0 Å². The molecular formula is C7H3BrN2O. The summed E-state index contributed by atoms with van der Waals surface area (Å²) in [5.41, 5.74) is 1.21. The molecule has 0 bridgehead atoms. The van der Waals surface area contributed by atoms with Crippen molar-refractivity contribution in [3.8, 4) is 0 Å². The maximum Gasteiger partial charge on any atom is 0.297 e. The fourth-order valence-corrected chi connectivity index (χ4v) is 1.38. The molecule has 1 aromatic rings.